The number of esters is 1. The van der Waals surface area contributed by atoms with Crippen LogP contribution in [0.2, 0.25) is 0 Å². The van der Waals surface area contributed by atoms with Crippen molar-refractivity contribution in [3.8, 4) is 5.75 Å². The number of aromatic nitrogens is 1. The van der Waals surface area contributed by atoms with Crippen LogP contribution in [0.25, 0.3) is 0 Å². The Hall–Kier alpha value is -3.38. The minimum atomic E-state index is -0.315. The number of rotatable bonds is 8. The SMILES string of the molecule is Cc1ccc(COc2ccc(CN3CCN(c4ncccc4C(=O)OC(C)C)CC3)cc2)cc1. The number of hydrogen-bond acceptors (Lipinski definition) is 6. The van der Waals surface area contributed by atoms with Gasteiger partial charge in [0, 0.05) is 38.9 Å². The molecule has 0 unspecified atom stereocenters. The van der Waals surface area contributed by atoms with E-state index in [0.29, 0.717) is 18.0 Å². The zero-order valence-corrected chi connectivity index (χ0v) is 20.2. The Kier molecular flexibility index (Phi) is 7.80. The number of aryl methyl sites for hydroxylation is 1. The van der Waals surface area contributed by atoms with Gasteiger partial charge in [-0.2, -0.15) is 0 Å². The molecule has 0 amide bonds. The molecule has 0 N–H and O–H groups in total. The first-order chi connectivity index (χ1) is 16.5. The van der Waals surface area contributed by atoms with Gasteiger partial charge in [0.25, 0.3) is 0 Å². The maximum atomic E-state index is 12.5. The Balaban J connectivity index is 1.28. The van der Waals surface area contributed by atoms with Gasteiger partial charge in [-0.25, -0.2) is 9.78 Å². The maximum Gasteiger partial charge on any atom is 0.342 e. The van der Waals surface area contributed by atoms with E-state index in [1.165, 1.54) is 16.7 Å². The summed E-state index contributed by atoms with van der Waals surface area (Å²) in [5.74, 6) is 1.28. The van der Waals surface area contributed by atoms with Gasteiger partial charge in [0.15, 0.2) is 0 Å². The fourth-order valence-corrected chi connectivity index (χ4v) is 4.00. The highest BCUT2D eigenvalue weighted by atomic mass is 16.5. The van der Waals surface area contributed by atoms with Crippen LogP contribution in [0, 0.1) is 6.92 Å². The van der Waals surface area contributed by atoms with Crippen molar-refractivity contribution in [2.75, 3.05) is 31.1 Å². The molecule has 1 aliphatic rings. The van der Waals surface area contributed by atoms with Crippen LogP contribution in [0.5, 0.6) is 5.75 Å². The summed E-state index contributed by atoms with van der Waals surface area (Å²) < 4.78 is 11.3. The second kappa shape index (κ2) is 11.2. The lowest BCUT2D eigenvalue weighted by Gasteiger charge is -2.36. The summed E-state index contributed by atoms with van der Waals surface area (Å²) >= 11 is 0. The quantitative estimate of drug-likeness (QED) is 0.449. The first-order valence-electron chi connectivity index (χ1n) is 11.9. The average Bonchev–Trinajstić information content (AvgIpc) is 2.85. The number of piperazine rings is 1. The molecule has 1 aromatic heterocycles. The van der Waals surface area contributed by atoms with Crippen molar-refractivity contribution in [2.45, 2.75) is 40.0 Å². The van der Waals surface area contributed by atoms with E-state index < -0.39 is 0 Å². The van der Waals surface area contributed by atoms with Gasteiger partial charge < -0.3 is 14.4 Å². The number of benzene rings is 2. The van der Waals surface area contributed by atoms with Crippen molar-refractivity contribution in [1.29, 1.82) is 0 Å². The van der Waals surface area contributed by atoms with E-state index in [4.69, 9.17) is 9.47 Å². The van der Waals surface area contributed by atoms with Gasteiger partial charge in [0.2, 0.25) is 0 Å². The first kappa shape index (κ1) is 23.8. The van der Waals surface area contributed by atoms with E-state index in [1.54, 1.807) is 18.3 Å². The summed E-state index contributed by atoms with van der Waals surface area (Å²) in [4.78, 5) is 21.6. The van der Waals surface area contributed by atoms with Crippen molar-refractivity contribution in [3.63, 3.8) is 0 Å². The number of nitrogens with zero attached hydrogens (tertiary/aromatic N) is 3. The minimum Gasteiger partial charge on any atom is -0.489 e. The number of ether oxygens (including phenoxy) is 2. The molecule has 1 aliphatic heterocycles. The molecule has 6 heteroatoms. The number of anilines is 1. The summed E-state index contributed by atoms with van der Waals surface area (Å²) in [6, 6.07) is 20.3. The Morgan fingerprint density at radius 3 is 2.29 bits per heavy atom. The van der Waals surface area contributed by atoms with Crippen LogP contribution in [0.4, 0.5) is 5.82 Å². The highest BCUT2D eigenvalue weighted by Crippen LogP contribution is 2.22. The van der Waals surface area contributed by atoms with E-state index in [0.717, 1.165) is 38.5 Å². The molecule has 3 aromatic rings. The van der Waals surface area contributed by atoms with Crippen LogP contribution in [0.1, 0.15) is 40.9 Å². The largest absolute Gasteiger partial charge is 0.489 e. The molecule has 4 rings (SSSR count). The second-order valence-electron chi connectivity index (χ2n) is 9.01. The smallest absolute Gasteiger partial charge is 0.342 e. The van der Waals surface area contributed by atoms with Gasteiger partial charge in [-0.05, 0) is 56.2 Å². The van der Waals surface area contributed by atoms with Crippen molar-refractivity contribution >= 4 is 11.8 Å². The van der Waals surface area contributed by atoms with Crippen LogP contribution in [0.15, 0.2) is 66.9 Å². The maximum absolute atomic E-state index is 12.5. The van der Waals surface area contributed by atoms with Crippen molar-refractivity contribution in [1.82, 2.24) is 9.88 Å². The average molecular weight is 460 g/mol. The van der Waals surface area contributed by atoms with Crippen LogP contribution in [-0.2, 0) is 17.9 Å². The molecule has 0 aliphatic carbocycles. The molecule has 2 heterocycles. The van der Waals surface area contributed by atoms with Crippen LogP contribution in [-0.4, -0.2) is 48.1 Å². The van der Waals surface area contributed by atoms with Gasteiger partial charge in [0.05, 0.1) is 6.10 Å². The highest BCUT2D eigenvalue weighted by Gasteiger charge is 2.23. The van der Waals surface area contributed by atoms with E-state index in [9.17, 15) is 4.79 Å². The number of hydrogen-bond donors (Lipinski definition) is 0. The molecular weight excluding hydrogens is 426 g/mol. The van der Waals surface area contributed by atoms with E-state index in [2.05, 4.69) is 58.1 Å². The van der Waals surface area contributed by atoms with Crippen molar-refractivity contribution in [3.05, 3.63) is 89.1 Å². The number of carbonyl (C=O) groups excluding carboxylic acids is 1. The fourth-order valence-electron chi connectivity index (χ4n) is 4.00. The molecule has 1 fully saturated rings. The third-order valence-electron chi connectivity index (χ3n) is 5.88. The normalized spacial score (nSPS) is 14.3. The Morgan fingerprint density at radius 1 is 0.941 bits per heavy atom. The predicted octanol–water partition coefficient (Wildman–Crippen LogP) is 4.86. The molecule has 178 valence electrons. The van der Waals surface area contributed by atoms with Crippen molar-refractivity contribution in [2.24, 2.45) is 0 Å². The third kappa shape index (κ3) is 6.35. The third-order valence-corrected chi connectivity index (χ3v) is 5.88. The summed E-state index contributed by atoms with van der Waals surface area (Å²) in [6.45, 7) is 10.7. The van der Waals surface area contributed by atoms with Gasteiger partial charge in [0.1, 0.15) is 23.7 Å². The van der Waals surface area contributed by atoms with Gasteiger partial charge in [-0.15, -0.1) is 0 Å². The monoisotopic (exact) mass is 459 g/mol. The first-order valence-corrected chi connectivity index (χ1v) is 11.9. The lowest BCUT2D eigenvalue weighted by atomic mass is 10.1. The standard InChI is InChI=1S/C28H33N3O3/c1-21(2)34-28(32)26-5-4-14-29-27(26)31-17-15-30(16-18-31)19-23-10-12-25(13-11-23)33-20-24-8-6-22(3)7-9-24/h4-14,21H,15-20H2,1-3H3. The molecular formula is C28H33N3O3. The molecule has 0 radical (unpaired) electrons. The summed E-state index contributed by atoms with van der Waals surface area (Å²) in [6.07, 6.45) is 1.58. The van der Waals surface area contributed by atoms with E-state index in [-0.39, 0.29) is 12.1 Å². The van der Waals surface area contributed by atoms with Gasteiger partial charge >= 0.3 is 5.97 Å². The molecule has 34 heavy (non-hydrogen) atoms. The molecule has 2 aromatic carbocycles. The van der Waals surface area contributed by atoms with E-state index in [1.807, 2.05) is 26.0 Å². The van der Waals surface area contributed by atoms with Gasteiger partial charge in [-0.1, -0.05) is 42.0 Å². The van der Waals surface area contributed by atoms with Crippen LogP contribution >= 0.6 is 0 Å². The topological polar surface area (TPSA) is 54.9 Å². The summed E-state index contributed by atoms with van der Waals surface area (Å²) in [7, 11) is 0. The molecule has 0 bridgehead atoms. The van der Waals surface area contributed by atoms with Crippen LogP contribution < -0.4 is 9.64 Å². The Morgan fingerprint density at radius 2 is 1.62 bits per heavy atom. The highest BCUT2D eigenvalue weighted by molar-refractivity contribution is 5.94. The second-order valence-corrected chi connectivity index (χ2v) is 9.01. The van der Waals surface area contributed by atoms with Gasteiger partial charge in [-0.3, -0.25) is 4.90 Å². The Bertz CT molecular complexity index is 1070. The van der Waals surface area contributed by atoms with E-state index >= 15 is 0 Å². The minimum absolute atomic E-state index is 0.156. The zero-order chi connectivity index (χ0) is 23.9. The lowest BCUT2D eigenvalue weighted by Crippen LogP contribution is -2.46. The van der Waals surface area contributed by atoms with Crippen molar-refractivity contribution < 1.29 is 14.3 Å². The lowest BCUT2D eigenvalue weighted by molar-refractivity contribution is 0.0378. The zero-order valence-electron chi connectivity index (χ0n) is 20.2. The number of pyridine rings is 1. The fraction of sp³-hybridized carbons (Fsp3) is 0.357. The Labute approximate surface area is 202 Å². The predicted molar refractivity (Wildman–Crippen MR) is 134 cm³/mol. The summed E-state index contributed by atoms with van der Waals surface area (Å²) in [5.41, 5.74) is 4.21. The summed E-state index contributed by atoms with van der Waals surface area (Å²) in [5, 5.41) is 0. The molecule has 0 spiro atoms. The molecule has 0 atom stereocenters. The molecule has 0 saturated carbocycles. The van der Waals surface area contributed by atoms with Crippen LogP contribution in [0.3, 0.4) is 0 Å². The molecule has 1 saturated heterocycles. The molecule has 6 nitrogen and oxygen atoms in total. The number of carbonyl (C=O) groups is 1.